The number of phenols is 2. The molecule has 2 aliphatic rings. The van der Waals surface area contributed by atoms with Gasteiger partial charge in [0, 0.05) is 36.3 Å². The summed E-state index contributed by atoms with van der Waals surface area (Å²) in [6.45, 7) is 2.61. The lowest BCUT2D eigenvalue weighted by Gasteiger charge is -2.37. The zero-order valence-electron chi connectivity index (χ0n) is 12.2. The van der Waals surface area contributed by atoms with Gasteiger partial charge in [0.1, 0.15) is 11.5 Å². The molecule has 0 aromatic heterocycles. The Morgan fingerprint density at radius 1 is 1.19 bits per heavy atom. The number of phenolic OH excluding ortho intramolecular Hbond substituents is 2. The molecule has 2 fully saturated rings. The summed E-state index contributed by atoms with van der Waals surface area (Å²) in [6, 6.07) is 5.35. The first-order chi connectivity index (χ1) is 10.1. The van der Waals surface area contributed by atoms with Crippen LogP contribution in [0.5, 0.6) is 11.5 Å². The maximum atomic E-state index is 12.7. The molecule has 1 aromatic rings. The standard InChI is InChI=1S/C16H22N2O3/c1-2-18(13-7-11-3-4-12(8-13)17-11)16(21)10-5-14(19)9-15(20)6-10/h5-6,9,11-13,17,19-20H,2-4,7-8H2,1H3. The summed E-state index contributed by atoms with van der Waals surface area (Å²) < 4.78 is 0. The first-order valence-electron chi connectivity index (χ1n) is 7.67. The number of aromatic hydroxyl groups is 2. The highest BCUT2D eigenvalue weighted by atomic mass is 16.3. The highest BCUT2D eigenvalue weighted by Gasteiger charge is 2.37. The third-order valence-corrected chi connectivity index (χ3v) is 4.64. The Morgan fingerprint density at radius 2 is 1.76 bits per heavy atom. The van der Waals surface area contributed by atoms with Crippen LogP contribution in [0.1, 0.15) is 43.0 Å². The summed E-state index contributed by atoms with van der Waals surface area (Å²) in [5.41, 5.74) is 0.347. The summed E-state index contributed by atoms with van der Waals surface area (Å²) in [4.78, 5) is 14.6. The van der Waals surface area contributed by atoms with E-state index >= 15 is 0 Å². The number of nitrogens with one attached hydrogen (secondary N) is 1. The van der Waals surface area contributed by atoms with Crippen molar-refractivity contribution in [2.75, 3.05) is 6.54 Å². The van der Waals surface area contributed by atoms with Gasteiger partial charge in [0.25, 0.3) is 5.91 Å². The largest absolute Gasteiger partial charge is 0.508 e. The topological polar surface area (TPSA) is 72.8 Å². The number of rotatable bonds is 3. The van der Waals surface area contributed by atoms with Gasteiger partial charge in [-0.05, 0) is 44.7 Å². The third kappa shape index (κ3) is 2.83. The van der Waals surface area contributed by atoms with E-state index in [0.717, 1.165) is 12.8 Å². The molecular weight excluding hydrogens is 268 g/mol. The van der Waals surface area contributed by atoms with Crippen molar-refractivity contribution in [2.24, 2.45) is 0 Å². The van der Waals surface area contributed by atoms with Crippen LogP contribution in [0.25, 0.3) is 0 Å². The summed E-state index contributed by atoms with van der Waals surface area (Å²) >= 11 is 0. The van der Waals surface area contributed by atoms with Gasteiger partial charge in [0.2, 0.25) is 0 Å². The molecule has 2 bridgehead atoms. The predicted octanol–water partition coefficient (Wildman–Crippen LogP) is 1.84. The predicted molar refractivity (Wildman–Crippen MR) is 79.4 cm³/mol. The number of nitrogens with zero attached hydrogens (tertiary/aromatic N) is 1. The first-order valence-corrected chi connectivity index (χ1v) is 7.67. The molecule has 2 atom stereocenters. The molecule has 1 aromatic carbocycles. The molecule has 0 aliphatic carbocycles. The van der Waals surface area contributed by atoms with Gasteiger partial charge in [-0.3, -0.25) is 4.79 Å². The van der Waals surface area contributed by atoms with E-state index in [2.05, 4.69) is 5.32 Å². The van der Waals surface area contributed by atoms with Gasteiger partial charge in [0.05, 0.1) is 0 Å². The average Bonchev–Trinajstić information content (AvgIpc) is 2.77. The smallest absolute Gasteiger partial charge is 0.254 e. The molecule has 0 spiro atoms. The molecule has 3 rings (SSSR count). The van der Waals surface area contributed by atoms with Gasteiger partial charge in [0.15, 0.2) is 0 Å². The first kappa shape index (κ1) is 14.2. The quantitative estimate of drug-likeness (QED) is 0.794. The van der Waals surface area contributed by atoms with Gasteiger partial charge in [-0.2, -0.15) is 0 Å². The van der Waals surface area contributed by atoms with Crippen LogP contribution in [-0.4, -0.2) is 45.7 Å². The number of benzene rings is 1. The maximum absolute atomic E-state index is 12.7. The van der Waals surface area contributed by atoms with E-state index in [1.807, 2.05) is 11.8 Å². The van der Waals surface area contributed by atoms with Crippen molar-refractivity contribution in [3.63, 3.8) is 0 Å². The van der Waals surface area contributed by atoms with Crippen LogP contribution in [0, 0.1) is 0 Å². The van der Waals surface area contributed by atoms with Crippen LogP contribution >= 0.6 is 0 Å². The van der Waals surface area contributed by atoms with Gasteiger partial charge in [-0.25, -0.2) is 0 Å². The van der Waals surface area contributed by atoms with E-state index in [1.165, 1.54) is 31.0 Å². The van der Waals surface area contributed by atoms with Crippen molar-refractivity contribution >= 4 is 5.91 Å². The van der Waals surface area contributed by atoms with Crippen LogP contribution in [0.15, 0.2) is 18.2 Å². The van der Waals surface area contributed by atoms with Gasteiger partial charge in [-0.15, -0.1) is 0 Å². The second-order valence-corrected chi connectivity index (χ2v) is 6.09. The minimum absolute atomic E-state index is 0.0835. The van der Waals surface area contributed by atoms with Gasteiger partial charge in [-0.1, -0.05) is 0 Å². The summed E-state index contributed by atoms with van der Waals surface area (Å²) in [5.74, 6) is -0.283. The molecule has 21 heavy (non-hydrogen) atoms. The van der Waals surface area contributed by atoms with Crippen LogP contribution in [0.3, 0.4) is 0 Å². The maximum Gasteiger partial charge on any atom is 0.254 e. The van der Waals surface area contributed by atoms with Gasteiger partial charge < -0.3 is 20.4 Å². The Kier molecular flexibility index (Phi) is 3.76. The van der Waals surface area contributed by atoms with Crippen LogP contribution < -0.4 is 5.32 Å². The lowest BCUT2D eigenvalue weighted by molar-refractivity contribution is 0.0630. The Balaban J connectivity index is 1.80. The minimum atomic E-state index is -0.116. The van der Waals surface area contributed by atoms with E-state index in [0.29, 0.717) is 24.2 Å². The zero-order valence-corrected chi connectivity index (χ0v) is 12.2. The molecule has 3 N–H and O–H groups in total. The second-order valence-electron chi connectivity index (χ2n) is 6.09. The fourth-order valence-electron chi connectivity index (χ4n) is 3.73. The highest BCUT2D eigenvalue weighted by molar-refractivity contribution is 5.95. The average molecular weight is 290 g/mol. The molecule has 2 aliphatic heterocycles. The lowest BCUT2D eigenvalue weighted by atomic mass is 9.97. The van der Waals surface area contributed by atoms with Gasteiger partial charge >= 0.3 is 0 Å². The van der Waals surface area contributed by atoms with Crippen LogP contribution in [0.4, 0.5) is 0 Å². The fourth-order valence-corrected chi connectivity index (χ4v) is 3.73. The molecule has 5 nitrogen and oxygen atoms in total. The Morgan fingerprint density at radius 3 is 2.29 bits per heavy atom. The summed E-state index contributed by atoms with van der Waals surface area (Å²) in [5, 5.41) is 22.7. The number of carbonyl (C=O) groups is 1. The molecule has 0 radical (unpaired) electrons. The van der Waals surface area contributed by atoms with Crippen molar-refractivity contribution in [1.29, 1.82) is 0 Å². The molecule has 0 saturated carbocycles. The van der Waals surface area contributed by atoms with E-state index in [9.17, 15) is 15.0 Å². The van der Waals surface area contributed by atoms with Crippen molar-refractivity contribution in [2.45, 2.75) is 50.7 Å². The molecular formula is C16H22N2O3. The Bertz CT molecular complexity index is 514. The SMILES string of the molecule is CCN(C(=O)c1cc(O)cc(O)c1)C1CC2CCC(C1)N2. The lowest BCUT2D eigenvalue weighted by Crippen LogP contribution is -2.50. The van der Waals surface area contributed by atoms with Crippen LogP contribution in [0.2, 0.25) is 0 Å². The summed E-state index contributed by atoms with van der Waals surface area (Å²) in [7, 11) is 0. The minimum Gasteiger partial charge on any atom is -0.508 e. The molecule has 114 valence electrons. The molecule has 2 heterocycles. The number of hydrogen-bond acceptors (Lipinski definition) is 4. The molecule has 1 amide bonds. The number of hydrogen-bond donors (Lipinski definition) is 3. The fraction of sp³-hybridized carbons (Fsp3) is 0.562. The van der Waals surface area contributed by atoms with Crippen molar-refractivity contribution in [3.8, 4) is 11.5 Å². The highest BCUT2D eigenvalue weighted by Crippen LogP contribution is 2.31. The number of carbonyl (C=O) groups excluding carboxylic acids is 1. The monoisotopic (exact) mass is 290 g/mol. The van der Waals surface area contributed by atoms with Crippen molar-refractivity contribution in [3.05, 3.63) is 23.8 Å². The second kappa shape index (κ2) is 5.56. The van der Waals surface area contributed by atoms with E-state index in [1.54, 1.807) is 0 Å². The number of fused-ring (bicyclic) bond motifs is 2. The molecule has 2 unspecified atom stereocenters. The van der Waals surface area contributed by atoms with E-state index in [4.69, 9.17) is 0 Å². The van der Waals surface area contributed by atoms with Crippen molar-refractivity contribution < 1.29 is 15.0 Å². The third-order valence-electron chi connectivity index (χ3n) is 4.64. The molecule has 2 saturated heterocycles. The number of amides is 1. The van der Waals surface area contributed by atoms with Crippen LogP contribution in [-0.2, 0) is 0 Å². The number of piperidine rings is 1. The Hall–Kier alpha value is -1.75. The molecule has 5 heteroatoms. The van der Waals surface area contributed by atoms with Crippen molar-refractivity contribution in [1.82, 2.24) is 10.2 Å². The van der Waals surface area contributed by atoms with E-state index in [-0.39, 0.29) is 23.4 Å². The normalized spacial score (nSPS) is 27.6. The zero-order chi connectivity index (χ0) is 15.0. The Labute approximate surface area is 124 Å². The van der Waals surface area contributed by atoms with E-state index < -0.39 is 0 Å². The summed E-state index contributed by atoms with van der Waals surface area (Å²) in [6.07, 6.45) is 4.36.